The molecule has 1 unspecified atom stereocenters. The van der Waals surface area contributed by atoms with Gasteiger partial charge in [0.05, 0.1) is 0 Å². The van der Waals surface area contributed by atoms with Crippen LogP contribution in [0.25, 0.3) is 0 Å². The number of rotatable bonds is 5. The minimum Gasteiger partial charge on any atom is -0.480 e. The predicted octanol–water partition coefficient (Wildman–Crippen LogP) is 2.43. The van der Waals surface area contributed by atoms with Crippen LogP contribution >= 0.6 is 11.3 Å². The smallest absolute Gasteiger partial charge is 0.326 e. The van der Waals surface area contributed by atoms with Crippen molar-refractivity contribution >= 4 is 17.3 Å². The predicted molar refractivity (Wildman–Crippen MR) is 62.3 cm³/mol. The molecule has 4 heteroatoms. The van der Waals surface area contributed by atoms with E-state index in [1.165, 1.54) is 11.3 Å². The van der Waals surface area contributed by atoms with E-state index in [1.807, 2.05) is 18.4 Å². The van der Waals surface area contributed by atoms with Crippen molar-refractivity contribution in [2.24, 2.45) is 5.92 Å². The highest BCUT2D eigenvalue weighted by atomic mass is 32.1. The number of aryl methyl sites for hydroxylation is 1. The van der Waals surface area contributed by atoms with Gasteiger partial charge in [0.2, 0.25) is 0 Å². The molecule has 0 bridgehead atoms. The van der Waals surface area contributed by atoms with Gasteiger partial charge < -0.3 is 5.11 Å². The maximum absolute atomic E-state index is 11.1. The highest BCUT2D eigenvalue weighted by molar-refractivity contribution is 7.10. The Morgan fingerprint density at radius 2 is 2.27 bits per heavy atom. The molecule has 0 amide bonds. The second kappa shape index (κ2) is 5.28. The zero-order valence-electron chi connectivity index (χ0n) is 9.28. The fourth-order valence-electron chi connectivity index (χ4n) is 1.33. The molecule has 0 saturated carbocycles. The maximum atomic E-state index is 11.1. The van der Waals surface area contributed by atoms with E-state index in [1.54, 1.807) is 0 Å². The average molecular weight is 227 g/mol. The molecule has 0 fully saturated rings. The molecule has 1 heterocycles. The highest BCUT2D eigenvalue weighted by Crippen LogP contribution is 2.24. The summed E-state index contributed by atoms with van der Waals surface area (Å²) in [7, 11) is 0. The van der Waals surface area contributed by atoms with E-state index in [2.05, 4.69) is 19.2 Å². The molecule has 15 heavy (non-hydrogen) atoms. The summed E-state index contributed by atoms with van der Waals surface area (Å²) in [6.07, 6.45) is 0. The Bertz CT molecular complexity index is 333. The number of carboxylic acids is 1. The summed E-state index contributed by atoms with van der Waals surface area (Å²) < 4.78 is 0. The first-order valence-corrected chi connectivity index (χ1v) is 5.90. The molecule has 0 saturated heterocycles. The summed E-state index contributed by atoms with van der Waals surface area (Å²) in [6.45, 7) is 6.79. The first kappa shape index (κ1) is 12.2. The van der Waals surface area contributed by atoms with Crippen LogP contribution in [0, 0.1) is 12.8 Å². The van der Waals surface area contributed by atoms with Gasteiger partial charge in [-0.15, -0.1) is 11.3 Å². The largest absolute Gasteiger partial charge is 0.480 e. The second-order valence-corrected chi connectivity index (χ2v) is 4.99. The molecule has 1 aromatic rings. The van der Waals surface area contributed by atoms with E-state index >= 15 is 0 Å². The monoisotopic (exact) mass is 227 g/mol. The zero-order valence-corrected chi connectivity index (χ0v) is 10.1. The summed E-state index contributed by atoms with van der Waals surface area (Å²) in [5.74, 6) is -0.353. The summed E-state index contributed by atoms with van der Waals surface area (Å²) in [5.41, 5.74) is 1.05. The fourth-order valence-corrected chi connectivity index (χ4v) is 2.32. The van der Waals surface area contributed by atoms with Crippen molar-refractivity contribution in [1.82, 2.24) is 5.32 Å². The van der Waals surface area contributed by atoms with E-state index in [-0.39, 0.29) is 0 Å². The lowest BCUT2D eigenvalue weighted by molar-refractivity contribution is -0.139. The molecular weight excluding hydrogens is 210 g/mol. The molecule has 84 valence electrons. The van der Waals surface area contributed by atoms with Gasteiger partial charge >= 0.3 is 5.97 Å². The Hall–Kier alpha value is -0.870. The molecule has 0 aliphatic heterocycles. The van der Waals surface area contributed by atoms with Gasteiger partial charge in [-0.25, -0.2) is 0 Å². The van der Waals surface area contributed by atoms with E-state index in [0.29, 0.717) is 12.5 Å². The van der Waals surface area contributed by atoms with Crippen LogP contribution in [0.5, 0.6) is 0 Å². The molecule has 0 aliphatic carbocycles. The van der Waals surface area contributed by atoms with Crippen molar-refractivity contribution in [3.63, 3.8) is 0 Å². The molecule has 2 N–H and O–H groups in total. The lowest BCUT2D eigenvalue weighted by Gasteiger charge is -2.15. The van der Waals surface area contributed by atoms with Crippen LogP contribution in [0.1, 0.15) is 30.3 Å². The maximum Gasteiger partial charge on any atom is 0.326 e. The summed E-state index contributed by atoms with van der Waals surface area (Å²) in [4.78, 5) is 12.0. The van der Waals surface area contributed by atoms with Crippen LogP contribution in [0.15, 0.2) is 11.4 Å². The van der Waals surface area contributed by atoms with Gasteiger partial charge in [-0.2, -0.15) is 0 Å². The van der Waals surface area contributed by atoms with Gasteiger partial charge in [-0.05, 0) is 36.4 Å². The van der Waals surface area contributed by atoms with Crippen molar-refractivity contribution in [2.45, 2.75) is 26.8 Å². The fraction of sp³-hybridized carbons (Fsp3) is 0.545. The van der Waals surface area contributed by atoms with Crippen LogP contribution in [-0.4, -0.2) is 17.6 Å². The molecular formula is C11H17NO2S. The van der Waals surface area contributed by atoms with Gasteiger partial charge in [-0.3, -0.25) is 10.1 Å². The van der Waals surface area contributed by atoms with Crippen LogP contribution < -0.4 is 5.32 Å². The Kier molecular flexibility index (Phi) is 4.29. The Balaban J connectivity index is 2.75. The van der Waals surface area contributed by atoms with E-state index in [4.69, 9.17) is 5.11 Å². The third-order valence-electron chi connectivity index (χ3n) is 2.14. The van der Waals surface area contributed by atoms with Crippen molar-refractivity contribution in [2.75, 3.05) is 6.54 Å². The zero-order chi connectivity index (χ0) is 11.4. The molecule has 0 radical (unpaired) electrons. The molecule has 3 nitrogen and oxygen atoms in total. The molecule has 1 aromatic heterocycles. The number of nitrogens with one attached hydrogen (secondary N) is 1. The van der Waals surface area contributed by atoms with Gasteiger partial charge in [0, 0.05) is 4.88 Å². The molecule has 0 aromatic carbocycles. The van der Waals surface area contributed by atoms with Crippen LogP contribution in [0.4, 0.5) is 0 Å². The quantitative estimate of drug-likeness (QED) is 0.812. The third kappa shape index (κ3) is 3.32. The Morgan fingerprint density at radius 1 is 1.60 bits per heavy atom. The van der Waals surface area contributed by atoms with Crippen LogP contribution in [0.2, 0.25) is 0 Å². The number of aliphatic carboxylic acids is 1. The minimum absolute atomic E-state index is 0.451. The number of thiophene rings is 1. The molecule has 0 aliphatic rings. The standard InChI is InChI=1S/C11H17NO2S/c1-7(2)6-12-9(11(13)14)10-8(3)4-5-15-10/h4-5,7,9,12H,6H2,1-3H3,(H,13,14). The highest BCUT2D eigenvalue weighted by Gasteiger charge is 2.22. The average Bonchev–Trinajstić information content (AvgIpc) is 2.51. The second-order valence-electron chi connectivity index (χ2n) is 4.04. The molecule has 0 spiro atoms. The van der Waals surface area contributed by atoms with E-state index in [0.717, 1.165) is 10.4 Å². The minimum atomic E-state index is -0.804. The SMILES string of the molecule is Cc1ccsc1C(NCC(C)C)C(=O)O. The van der Waals surface area contributed by atoms with E-state index in [9.17, 15) is 4.79 Å². The number of hydrogen-bond donors (Lipinski definition) is 2. The Morgan fingerprint density at radius 3 is 2.67 bits per heavy atom. The summed E-state index contributed by atoms with van der Waals surface area (Å²) >= 11 is 1.49. The lowest BCUT2D eigenvalue weighted by atomic mass is 10.1. The van der Waals surface area contributed by atoms with Crippen molar-refractivity contribution < 1.29 is 9.90 Å². The van der Waals surface area contributed by atoms with Crippen molar-refractivity contribution in [3.8, 4) is 0 Å². The van der Waals surface area contributed by atoms with Crippen LogP contribution in [-0.2, 0) is 4.79 Å². The topological polar surface area (TPSA) is 49.3 Å². The molecule has 1 rings (SSSR count). The number of carboxylic acid groups (broad SMARTS) is 1. The van der Waals surface area contributed by atoms with Gasteiger partial charge in [0.25, 0.3) is 0 Å². The normalized spacial score (nSPS) is 13.1. The van der Waals surface area contributed by atoms with Crippen LogP contribution in [0.3, 0.4) is 0 Å². The van der Waals surface area contributed by atoms with Crippen molar-refractivity contribution in [1.29, 1.82) is 0 Å². The van der Waals surface area contributed by atoms with Gasteiger partial charge in [0.1, 0.15) is 6.04 Å². The first-order chi connectivity index (χ1) is 7.02. The third-order valence-corrected chi connectivity index (χ3v) is 3.22. The Labute approximate surface area is 94.1 Å². The summed E-state index contributed by atoms with van der Waals surface area (Å²) in [5, 5.41) is 14.1. The summed E-state index contributed by atoms with van der Waals surface area (Å²) in [6, 6.07) is 1.39. The molecule has 1 atom stereocenters. The number of hydrogen-bond acceptors (Lipinski definition) is 3. The van der Waals surface area contributed by atoms with Crippen molar-refractivity contribution in [3.05, 3.63) is 21.9 Å². The number of carbonyl (C=O) groups is 1. The first-order valence-electron chi connectivity index (χ1n) is 5.02. The van der Waals surface area contributed by atoms with Gasteiger partial charge in [0.15, 0.2) is 0 Å². The lowest BCUT2D eigenvalue weighted by Crippen LogP contribution is -2.31. The van der Waals surface area contributed by atoms with Gasteiger partial charge in [-0.1, -0.05) is 13.8 Å². The van der Waals surface area contributed by atoms with E-state index < -0.39 is 12.0 Å².